The van der Waals surface area contributed by atoms with Gasteiger partial charge in [-0.2, -0.15) is 0 Å². The number of carbonyl (C=O) groups is 1. The topological polar surface area (TPSA) is 40.1 Å². The van der Waals surface area contributed by atoms with E-state index in [1.54, 1.807) is 0 Å². The SMILES string of the molecule is CCCCC/C=C\C/C=C\CCCCCCCC(=O)[O-].c1ccc([S+](c2ccccc2)c2ccccc2)cc1. The van der Waals surface area contributed by atoms with Gasteiger partial charge in [-0.05, 0) is 81.3 Å². The average molecular weight is 543 g/mol. The lowest BCUT2D eigenvalue weighted by molar-refractivity contribution is -0.305. The van der Waals surface area contributed by atoms with Gasteiger partial charge in [0.25, 0.3) is 0 Å². The molecule has 0 aliphatic rings. The van der Waals surface area contributed by atoms with Crippen LogP contribution < -0.4 is 5.11 Å². The quantitative estimate of drug-likeness (QED) is 0.0968. The lowest BCUT2D eigenvalue weighted by atomic mass is 10.1. The number of aliphatic carboxylic acids is 1. The van der Waals surface area contributed by atoms with Gasteiger partial charge in [0.1, 0.15) is 0 Å². The van der Waals surface area contributed by atoms with Gasteiger partial charge in [-0.25, -0.2) is 0 Å². The van der Waals surface area contributed by atoms with E-state index in [1.165, 1.54) is 53.2 Å². The summed E-state index contributed by atoms with van der Waals surface area (Å²) in [6.07, 6.45) is 21.9. The molecule has 0 fully saturated rings. The third-order valence-electron chi connectivity index (χ3n) is 6.27. The largest absolute Gasteiger partial charge is 0.550 e. The minimum atomic E-state index is -0.921. The van der Waals surface area contributed by atoms with Gasteiger partial charge in [0.2, 0.25) is 0 Å². The van der Waals surface area contributed by atoms with Crippen molar-refractivity contribution in [1.29, 1.82) is 0 Å². The van der Waals surface area contributed by atoms with Gasteiger partial charge in [-0.1, -0.05) is 118 Å². The molecule has 3 heteroatoms. The second kappa shape index (κ2) is 21.8. The summed E-state index contributed by atoms with van der Waals surface area (Å²) in [5.41, 5.74) is 0. The van der Waals surface area contributed by atoms with Gasteiger partial charge >= 0.3 is 0 Å². The van der Waals surface area contributed by atoms with E-state index in [1.807, 2.05) is 0 Å². The number of hydrogen-bond donors (Lipinski definition) is 0. The van der Waals surface area contributed by atoms with Gasteiger partial charge in [0.15, 0.2) is 14.7 Å². The molecule has 0 aliphatic carbocycles. The maximum absolute atomic E-state index is 10.2. The van der Waals surface area contributed by atoms with Crippen LogP contribution in [0.2, 0.25) is 0 Å². The molecule has 0 heterocycles. The first-order chi connectivity index (χ1) is 19.2. The third-order valence-corrected chi connectivity index (χ3v) is 8.50. The number of hydrogen-bond acceptors (Lipinski definition) is 2. The van der Waals surface area contributed by atoms with E-state index in [0.29, 0.717) is 0 Å². The van der Waals surface area contributed by atoms with Crippen LogP contribution in [0, 0.1) is 0 Å². The Kier molecular flexibility index (Phi) is 18.0. The van der Waals surface area contributed by atoms with Crippen molar-refractivity contribution in [2.45, 2.75) is 98.7 Å². The van der Waals surface area contributed by atoms with Crippen LogP contribution in [-0.4, -0.2) is 5.97 Å². The molecule has 3 aromatic rings. The van der Waals surface area contributed by atoms with Crippen LogP contribution in [0.1, 0.15) is 84.0 Å². The molecule has 3 rings (SSSR count). The highest BCUT2D eigenvalue weighted by Crippen LogP contribution is 2.30. The molecule has 0 N–H and O–H groups in total. The Balaban J connectivity index is 0.000000273. The molecular weight excluding hydrogens is 496 g/mol. The van der Waals surface area contributed by atoms with Gasteiger partial charge in [-0.3, -0.25) is 0 Å². The summed E-state index contributed by atoms with van der Waals surface area (Å²) in [6, 6.07) is 32.2. The van der Waals surface area contributed by atoms with Crippen molar-refractivity contribution < 1.29 is 9.90 Å². The Morgan fingerprint density at radius 1 is 0.590 bits per heavy atom. The number of carbonyl (C=O) groups excluding carboxylic acids is 1. The molecule has 0 spiro atoms. The fraction of sp³-hybridized carbons (Fsp3) is 0.361. The molecule has 2 nitrogen and oxygen atoms in total. The fourth-order valence-electron chi connectivity index (χ4n) is 4.16. The lowest BCUT2D eigenvalue weighted by Crippen LogP contribution is -2.21. The maximum Gasteiger partial charge on any atom is 0.166 e. The smallest absolute Gasteiger partial charge is 0.166 e. The van der Waals surface area contributed by atoms with Gasteiger partial charge in [0, 0.05) is 5.97 Å². The normalized spacial score (nSPS) is 11.1. The summed E-state index contributed by atoms with van der Waals surface area (Å²) < 4.78 is 0. The predicted molar refractivity (Wildman–Crippen MR) is 166 cm³/mol. The molecule has 0 unspecified atom stereocenters. The first kappa shape index (κ1) is 32.2. The Labute approximate surface area is 240 Å². The third kappa shape index (κ3) is 15.2. The molecule has 3 aromatic carbocycles. The Bertz CT molecular complexity index is 951. The van der Waals surface area contributed by atoms with Gasteiger partial charge in [-0.15, -0.1) is 0 Å². The summed E-state index contributed by atoms with van der Waals surface area (Å²) >= 11 is 0. The highest BCUT2D eigenvalue weighted by Gasteiger charge is 2.27. The molecule has 0 atom stereocenters. The molecular formula is C36H46O2S. The second-order valence-electron chi connectivity index (χ2n) is 9.60. The van der Waals surface area contributed by atoms with Crippen LogP contribution in [0.5, 0.6) is 0 Å². The maximum atomic E-state index is 10.2. The van der Waals surface area contributed by atoms with Crippen molar-refractivity contribution in [3.63, 3.8) is 0 Å². The van der Waals surface area contributed by atoms with Crippen molar-refractivity contribution in [3.8, 4) is 0 Å². The van der Waals surface area contributed by atoms with Crippen LogP contribution in [0.15, 0.2) is 130 Å². The van der Waals surface area contributed by atoms with Crippen LogP contribution >= 0.6 is 0 Å². The Morgan fingerprint density at radius 3 is 1.44 bits per heavy atom. The first-order valence-corrected chi connectivity index (χ1v) is 15.8. The van der Waals surface area contributed by atoms with E-state index < -0.39 is 5.97 Å². The Morgan fingerprint density at radius 2 is 1.00 bits per heavy atom. The molecule has 0 saturated carbocycles. The number of rotatable bonds is 17. The van der Waals surface area contributed by atoms with E-state index >= 15 is 0 Å². The number of unbranched alkanes of at least 4 members (excludes halogenated alkanes) is 8. The van der Waals surface area contributed by atoms with Crippen LogP contribution in [0.25, 0.3) is 0 Å². The zero-order valence-corrected chi connectivity index (χ0v) is 24.5. The first-order valence-electron chi connectivity index (χ1n) is 14.6. The zero-order valence-electron chi connectivity index (χ0n) is 23.7. The highest BCUT2D eigenvalue weighted by molar-refractivity contribution is 7.97. The predicted octanol–water partition coefficient (Wildman–Crippen LogP) is 9.33. The number of allylic oxidation sites excluding steroid dienone is 4. The van der Waals surface area contributed by atoms with Crippen molar-refractivity contribution >= 4 is 16.9 Å². The molecule has 0 aliphatic heterocycles. The van der Waals surface area contributed by atoms with Crippen LogP contribution in [0.3, 0.4) is 0 Å². The molecule has 0 bridgehead atoms. The number of carboxylic acids is 1. The molecule has 39 heavy (non-hydrogen) atoms. The van der Waals surface area contributed by atoms with Crippen LogP contribution in [-0.2, 0) is 15.7 Å². The summed E-state index contributed by atoms with van der Waals surface area (Å²) in [7, 11) is -0.0146. The summed E-state index contributed by atoms with van der Waals surface area (Å²) in [5.74, 6) is -0.921. The Hall–Kier alpha value is -3.04. The van der Waals surface area contributed by atoms with E-state index in [4.69, 9.17) is 0 Å². The summed E-state index contributed by atoms with van der Waals surface area (Å²) in [6.45, 7) is 2.23. The minimum Gasteiger partial charge on any atom is -0.550 e. The van der Waals surface area contributed by atoms with Crippen LogP contribution in [0.4, 0.5) is 0 Å². The molecule has 0 saturated heterocycles. The van der Waals surface area contributed by atoms with E-state index in [-0.39, 0.29) is 17.3 Å². The lowest BCUT2D eigenvalue weighted by Gasteiger charge is -2.07. The second-order valence-corrected chi connectivity index (χ2v) is 11.6. The standard InChI is InChI=1S/C18H32O2.C18H15S/c1-2-3-4-5-6-7-8-9-10-11-12-13-14-15-16-17-18(19)20;1-4-10-16(11-5-1)19(17-12-6-2-7-13-17)18-14-8-3-9-15-18/h6-7,9-10H,2-5,8,11-17H2,1H3,(H,19,20);1-15H/q;+1/p-1/b7-6-,10-9-;. The van der Waals surface area contributed by atoms with E-state index in [2.05, 4.69) is 122 Å². The number of carboxylic acid groups (broad SMARTS) is 1. The number of benzene rings is 3. The summed E-state index contributed by atoms with van der Waals surface area (Å²) in [5, 5.41) is 10.2. The fourth-order valence-corrected chi connectivity index (χ4v) is 6.26. The minimum absolute atomic E-state index is 0.0146. The zero-order chi connectivity index (χ0) is 27.8. The van der Waals surface area contributed by atoms with Gasteiger partial charge < -0.3 is 9.90 Å². The molecule has 0 radical (unpaired) electrons. The summed E-state index contributed by atoms with van der Waals surface area (Å²) in [4.78, 5) is 14.3. The average Bonchev–Trinajstić information content (AvgIpc) is 2.97. The van der Waals surface area contributed by atoms with Crippen molar-refractivity contribution in [3.05, 3.63) is 115 Å². The van der Waals surface area contributed by atoms with E-state index in [9.17, 15) is 9.90 Å². The molecule has 208 valence electrons. The molecule has 0 aromatic heterocycles. The molecule has 0 amide bonds. The monoisotopic (exact) mass is 542 g/mol. The van der Waals surface area contributed by atoms with Crippen molar-refractivity contribution in [1.82, 2.24) is 0 Å². The van der Waals surface area contributed by atoms with Crippen molar-refractivity contribution in [2.24, 2.45) is 0 Å². The highest BCUT2D eigenvalue weighted by atomic mass is 32.2. The van der Waals surface area contributed by atoms with Crippen molar-refractivity contribution in [2.75, 3.05) is 0 Å². The van der Waals surface area contributed by atoms with Gasteiger partial charge in [0.05, 0.1) is 10.9 Å². The van der Waals surface area contributed by atoms with E-state index in [0.717, 1.165) is 32.1 Å².